The van der Waals surface area contributed by atoms with Gasteiger partial charge in [0.15, 0.2) is 5.96 Å². The first kappa shape index (κ1) is 22.9. The Labute approximate surface area is 175 Å². The molecule has 150 valence electrons. The number of nitrogens with two attached hydrogens (primary N) is 1. The van der Waals surface area contributed by atoms with E-state index in [2.05, 4.69) is 20.5 Å². The topological polar surface area (TPSA) is 126 Å². The van der Waals surface area contributed by atoms with Crippen LogP contribution in [0.4, 0.5) is 11.4 Å². The molecule has 10 heteroatoms. The van der Waals surface area contributed by atoms with E-state index in [-0.39, 0.29) is 41.5 Å². The third-order valence-electron chi connectivity index (χ3n) is 4.34. The summed E-state index contributed by atoms with van der Waals surface area (Å²) in [5.74, 6) is 0.829. The van der Waals surface area contributed by atoms with Crippen molar-refractivity contribution in [1.82, 2.24) is 10.2 Å². The first-order chi connectivity index (χ1) is 12.5. The molecule has 1 fully saturated rings. The molecule has 27 heavy (non-hydrogen) atoms. The Morgan fingerprint density at radius 3 is 2.67 bits per heavy atom. The van der Waals surface area contributed by atoms with Gasteiger partial charge in [-0.15, -0.1) is 24.0 Å². The molecule has 4 N–H and O–H groups in total. The van der Waals surface area contributed by atoms with Crippen LogP contribution in [0.5, 0.6) is 0 Å². The molecule has 1 unspecified atom stereocenters. The Morgan fingerprint density at radius 1 is 1.37 bits per heavy atom. The molecule has 1 saturated heterocycles. The van der Waals surface area contributed by atoms with Crippen molar-refractivity contribution in [2.45, 2.75) is 19.3 Å². The van der Waals surface area contributed by atoms with Crippen LogP contribution in [-0.4, -0.2) is 54.9 Å². The minimum absolute atomic E-state index is 0. The van der Waals surface area contributed by atoms with Crippen LogP contribution >= 0.6 is 24.0 Å². The van der Waals surface area contributed by atoms with Crippen molar-refractivity contribution in [1.29, 1.82) is 0 Å². The first-order valence-corrected chi connectivity index (χ1v) is 8.72. The third kappa shape index (κ3) is 7.57. The van der Waals surface area contributed by atoms with Gasteiger partial charge in [-0.05, 0) is 30.9 Å². The number of primary amides is 1. The van der Waals surface area contributed by atoms with Crippen LogP contribution in [0.25, 0.3) is 0 Å². The molecule has 1 aromatic carbocycles. The number of aliphatic imine (C=N–C) groups is 1. The van der Waals surface area contributed by atoms with Crippen molar-refractivity contribution >= 4 is 47.2 Å². The Hall–Kier alpha value is -2.11. The lowest BCUT2D eigenvalue weighted by atomic mass is 9.95. The van der Waals surface area contributed by atoms with Crippen molar-refractivity contribution in [3.63, 3.8) is 0 Å². The number of carbonyl (C=O) groups excluding carboxylic acids is 1. The third-order valence-corrected chi connectivity index (χ3v) is 4.34. The van der Waals surface area contributed by atoms with Crippen LogP contribution in [0.2, 0.25) is 0 Å². The number of halogens is 1. The van der Waals surface area contributed by atoms with Gasteiger partial charge in [-0.2, -0.15) is 0 Å². The highest BCUT2D eigenvalue weighted by atomic mass is 127. The SMILES string of the molecule is CN=C(NCCNc1ccc([N+](=O)[O-])cc1)N1CCCC(CC(N)=O)C1.I. The molecule has 0 saturated carbocycles. The summed E-state index contributed by atoms with van der Waals surface area (Å²) >= 11 is 0. The molecular formula is C17H27IN6O3. The highest BCUT2D eigenvalue weighted by molar-refractivity contribution is 14.0. The number of nitrogens with one attached hydrogen (secondary N) is 2. The zero-order chi connectivity index (χ0) is 18.9. The lowest BCUT2D eigenvalue weighted by Crippen LogP contribution is -2.48. The molecule has 9 nitrogen and oxygen atoms in total. The molecule has 0 radical (unpaired) electrons. The molecule has 0 spiro atoms. The summed E-state index contributed by atoms with van der Waals surface area (Å²) in [6.45, 7) is 2.99. The van der Waals surface area contributed by atoms with Gasteiger partial charge in [0.2, 0.25) is 5.91 Å². The number of hydrogen-bond acceptors (Lipinski definition) is 5. The zero-order valence-electron chi connectivity index (χ0n) is 15.4. The Morgan fingerprint density at radius 2 is 2.07 bits per heavy atom. The van der Waals surface area contributed by atoms with E-state index in [4.69, 9.17) is 5.73 Å². The van der Waals surface area contributed by atoms with Gasteiger partial charge in [-0.1, -0.05) is 0 Å². The van der Waals surface area contributed by atoms with Crippen LogP contribution in [0, 0.1) is 16.0 Å². The molecular weight excluding hydrogens is 463 g/mol. The number of benzene rings is 1. The molecule has 1 heterocycles. The van der Waals surface area contributed by atoms with Gasteiger partial charge in [0.1, 0.15) is 0 Å². The van der Waals surface area contributed by atoms with Crippen LogP contribution in [0.1, 0.15) is 19.3 Å². The number of hydrogen-bond donors (Lipinski definition) is 3. The Balaban J connectivity index is 0.00000364. The standard InChI is InChI=1S/C17H26N6O3.HI/c1-19-17(22-10-2-3-13(12-22)11-16(18)24)21-9-8-20-14-4-6-15(7-5-14)23(25)26;/h4-7,13,20H,2-3,8-12H2,1H3,(H2,18,24)(H,19,21);1H. The summed E-state index contributed by atoms with van der Waals surface area (Å²) < 4.78 is 0. The highest BCUT2D eigenvalue weighted by Crippen LogP contribution is 2.19. The summed E-state index contributed by atoms with van der Waals surface area (Å²) in [6.07, 6.45) is 2.44. The number of piperidine rings is 1. The normalized spacial score (nSPS) is 17.0. The summed E-state index contributed by atoms with van der Waals surface area (Å²) in [5, 5.41) is 17.2. The van der Waals surface area contributed by atoms with E-state index in [1.54, 1.807) is 19.2 Å². The molecule has 1 atom stereocenters. The van der Waals surface area contributed by atoms with E-state index in [9.17, 15) is 14.9 Å². The van der Waals surface area contributed by atoms with Crippen molar-refractivity contribution < 1.29 is 9.72 Å². The van der Waals surface area contributed by atoms with E-state index in [0.717, 1.165) is 37.6 Å². The maximum atomic E-state index is 11.1. The predicted octanol–water partition coefficient (Wildman–Crippen LogP) is 1.79. The van der Waals surface area contributed by atoms with Crippen molar-refractivity contribution in [3.05, 3.63) is 34.4 Å². The molecule has 1 amide bonds. The lowest BCUT2D eigenvalue weighted by molar-refractivity contribution is -0.384. The summed E-state index contributed by atoms with van der Waals surface area (Å²) in [6, 6.07) is 6.32. The van der Waals surface area contributed by atoms with Gasteiger partial charge in [-0.3, -0.25) is 19.9 Å². The minimum atomic E-state index is -0.417. The van der Waals surface area contributed by atoms with Crippen molar-refractivity contribution in [2.75, 3.05) is 38.5 Å². The van der Waals surface area contributed by atoms with Crippen LogP contribution in [0.3, 0.4) is 0 Å². The van der Waals surface area contributed by atoms with Crippen LogP contribution < -0.4 is 16.4 Å². The van der Waals surface area contributed by atoms with Crippen LogP contribution in [0.15, 0.2) is 29.3 Å². The van der Waals surface area contributed by atoms with Crippen LogP contribution in [-0.2, 0) is 4.79 Å². The second-order valence-corrected chi connectivity index (χ2v) is 6.33. The second-order valence-electron chi connectivity index (χ2n) is 6.33. The largest absolute Gasteiger partial charge is 0.383 e. The highest BCUT2D eigenvalue weighted by Gasteiger charge is 2.23. The zero-order valence-corrected chi connectivity index (χ0v) is 17.7. The van der Waals surface area contributed by atoms with Gasteiger partial charge in [-0.25, -0.2) is 0 Å². The lowest BCUT2D eigenvalue weighted by Gasteiger charge is -2.34. The fourth-order valence-electron chi connectivity index (χ4n) is 3.12. The molecule has 0 aromatic heterocycles. The maximum absolute atomic E-state index is 11.1. The Kier molecular flexibility index (Phi) is 9.83. The second kappa shape index (κ2) is 11.6. The van der Waals surface area contributed by atoms with Gasteiger partial charge in [0.25, 0.3) is 5.69 Å². The molecule has 1 aliphatic rings. The number of nitro benzene ring substituents is 1. The smallest absolute Gasteiger partial charge is 0.269 e. The summed E-state index contributed by atoms with van der Waals surface area (Å²) in [7, 11) is 1.74. The molecule has 0 aliphatic carbocycles. The minimum Gasteiger partial charge on any atom is -0.383 e. The summed E-state index contributed by atoms with van der Waals surface area (Å²) in [5.41, 5.74) is 6.21. The number of nitrogens with zero attached hydrogens (tertiary/aromatic N) is 3. The molecule has 1 aliphatic heterocycles. The molecule has 2 rings (SSSR count). The fraction of sp³-hybridized carbons (Fsp3) is 0.529. The number of guanidine groups is 1. The number of rotatable bonds is 7. The molecule has 1 aromatic rings. The van der Waals surface area contributed by atoms with Crippen molar-refractivity contribution in [3.8, 4) is 0 Å². The number of non-ortho nitro benzene ring substituents is 1. The van der Waals surface area contributed by atoms with Gasteiger partial charge in [0.05, 0.1) is 4.92 Å². The number of nitro groups is 1. The van der Waals surface area contributed by atoms with Gasteiger partial charge >= 0.3 is 0 Å². The fourth-order valence-corrected chi connectivity index (χ4v) is 3.12. The maximum Gasteiger partial charge on any atom is 0.269 e. The number of amides is 1. The number of anilines is 1. The number of likely N-dealkylation sites (tertiary alicyclic amines) is 1. The first-order valence-electron chi connectivity index (χ1n) is 8.72. The average Bonchev–Trinajstić information content (AvgIpc) is 2.62. The van der Waals surface area contributed by atoms with Crippen molar-refractivity contribution in [2.24, 2.45) is 16.6 Å². The predicted molar refractivity (Wildman–Crippen MR) is 116 cm³/mol. The van der Waals surface area contributed by atoms with E-state index in [1.165, 1.54) is 12.1 Å². The monoisotopic (exact) mass is 490 g/mol. The summed E-state index contributed by atoms with van der Waals surface area (Å²) in [4.78, 5) is 27.8. The van der Waals surface area contributed by atoms with E-state index in [0.29, 0.717) is 19.5 Å². The van der Waals surface area contributed by atoms with E-state index in [1.807, 2.05) is 0 Å². The Bertz CT molecular complexity index is 653. The number of carbonyl (C=O) groups is 1. The average molecular weight is 490 g/mol. The van der Waals surface area contributed by atoms with Gasteiger partial charge in [0, 0.05) is 57.5 Å². The van der Waals surface area contributed by atoms with E-state index < -0.39 is 4.92 Å². The van der Waals surface area contributed by atoms with E-state index >= 15 is 0 Å². The van der Waals surface area contributed by atoms with Gasteiger partial charge < -0.3 is 21.3 Å². The quantitative estimate of drug-likeness (QED) is 0.134. The molecule has 0 bridgehead atoms.